The maximum absolute atomic E-state index is 12.4. The van der Waals surface area contributed by atoms with E-state index in [4.69, 9.17) is 14.7 Å². The Morgan fingerprint density at radius 1 is 1.10 bits per heavy atom. The molecule has 6 heteroatoms. The summed E-state index contributed by atoms with van der Waals surface area (Å²) in [5, 5.41) is 8.81. The number of nitrogens with zero attached hydrogens (tertiary/aromatic N) is 2. The van der Waals surface area contributed by atoms with Gasteiger partial charge in [-0.3, -0.25) is 4.79 Å². The van der Waals surface area contributed by atoms with Gasteiger partial charge in [0.25, 0.3) is 5.91 Å². The Labute approximate surface area is 177 Å². The molecule has 0 bridgehead atoms. The molecule has 1 aliphatic heterocycles. The minimum Gasteiger partial charge on any atom is -0.479 e. The first-order valence-electron chi connectivity index (χ1n) is 10.2. The van der Waals surface area contributed by atoms with E-state index >= 15 is 0 Å². The molecule has 6 nitrogen and oxygen atoms in total. The van der Waals surface area contributed by atoms with Crippen molar-refractivity contribution in [2.75, 3.05) is 19.7 Å². The first-order chi connectivity index (χ1) is 14.5. The number of piperidine rings is 1. The van der Waals surface area contributed by atoms with Crippen molar-refractivity contribution in [2.45, 2.75) is 32.3 Å². The van der Waals surface area contributed by atoms with Gasteiger partial charge in [-0.15, -0.1) is 0 Å². The van der Waals surface area contributed by atoms with E-state index in [0.717, 1.165) is 19.3 Å². The molecule has 1 fully saturated rings. The second-order valence-electron chi connectivity index (χ2n) is 7.52. The molecule has 2 aromatic rings. The number of hydrogen-bond donors (Lipinski definition) is 0. The van der Waals surface area contributed by atoms with Crippen molar-refractivity contribution in [2.24, 2.45) is 5.92 Å². The Kier molecular flexibility index (Phi) is 7.45. The van der Waals surface area contributed by atoms with Crippen LogP contribution in [0.25, 0.3) is 0 Å². The van der Waals surface area contributed by atoms with Crippen LogP contribution < -0.4 is 4.74 Å². The zero-order valence-electron chi connectivity index (χ0n) is 17.1. The Morgan fingerprint density at radius 2 is 1.77 bits per heavy atom. The largest absolute Gasteiger partial charge is 0.479 e. The minimum atomic E-state index is -0.845. The molecule has 2 aromatic carbocycles. The van der Waals surface area contributed by atoms with Gasteiger partial charge in [0, 0.05) is 13.1 Å². The number of hydrogen-bond acceptors (Lipinski definition) is 5. The lowest BCUT2D eigenvalue weighted by atomic mass is 9.90. The van der Waals surface area contributed by atoms with E-state index in [0.29, 0.717) is 30.3 Å². The van der Waals surface area contributed by atoms with Crippen LogP contribution in [0.3, 0.4) is 0 Å². The van der Waals surface area contributed by atoms with Gasteiger partial charge in [-0.1, -0.05) is 30.3 Å². The maximum atomic E-state index is 12.4. The number of ether oxygens (including phenoxy) is 2. The highest BCUT2D eigenvalue weighted by Gasteiger charge is 2.25. The minimum absolute atomic E-state index is 0.174. The highest BCUT2D eigenvalue weighted by atomic mass is 16.6. The van der Waals surface area contributed by atoms with Gasteiger partial charge in [0.2, 0.25) is 0 Å². The van der Waals surface area contributed by atoms with Crippen LogP contribution in [0.4, 0.5) is 0 Å². The van der Waals surface area contributed by atoms with Gasteiger partial charge in [0.15, 0.2) is 12.7 Å². The number of esters is 1. The van der Waals surface area contributed by atoms with E-state index in [-0.39, 0.29) is 12.5 Å². The zero-order chi connectivity index (χ0) is 21.3. The van der Waals surface area contributed by atoms with Crippen molar-refractivity contribution < 1.29 is 19.1 Å². The van der Waals surface area contributed by atoms with E-state index in [1.165, 1.54) is 5.56 Å². The van der Waals surface area contributed by atoms with Crippen molar-refractivity contribution in [3.63, 3.8) is 0 Å². The van der Waals surface area contributed by atoms with Gasteiger partial charge < -0.3 is 14.4 Å². The summed E-state index contributed by atoms with van der Waals surface area (Å²) in [5.74, 6) is 0.267. The SMILES string of the molecule is C[C@H](Oc1ccc(C#N)cc1)C(=O)OCC(=O)N1CCC(Cc2ccccc2)CC1. The third-order valence-electron chi connectivity index (χ3n) is 5.30. The van der Waals surface area contributed by atoms with Crippen molar-refractivity contribution in [1.82, 2.24) is 4.90 Å². The first-order valence-corrected chi connectivity index (χ1v) is 10.2. The zero-order valence-corrected chi connectivity index (χ0v) is 17.1. The molecule has 3 rings (SSSR count). The molecule has 0 N–H and O–H groups in total. The molecule has 1 atom stereocenters. The van der Waals surface area contributed by atoms with Crippen LogP contribution in [0.5, 0.6) is 5.75 Å². The van der Waals surface area contributed by atoms with E-state index in [2.05, 4.69) is 24.3 Å². The van der Waals surface area contributed by atoms with Crippen molar-refractivity contribution in [3.05, 3.63) is 65.7 Å². The van der Waals surface area contributed by atoms with E-state index in [1.807, 2.05) is 12.1 Å². The van der Waals surface area contributed by atoms with Crippen molar-refractivity contribution >= 4 is 11.9 Å². The predicted octanol–water partition coefficient (Wildman–Crippen LogP) is 3.35. The molecule has 1 aliphatic rings. The van der Waals surface area contributed by atoms with Crippen LogP contribution in [-0.4, -0.2) is 42.6 Å². The first kappa shape index (κ1) is 21.4. The number of nitriles is 1. The monoisotopic (exact) mass is 406 g/mol. The van der Waals surface area contributed by atoms with Gasteiger partial charge in [-0.2, -0.15) is 5.26 Å². The lowest BCUT2D eigenvalue weighted by Gasteiger charge is -2.32. The van der Waals surface area contributed by atoms with Crippen LogP contribution in [0.1, 0.15) is 30.9 Å². The lowest BCUT2D eigenvalue weighted by molar-refractivity contribution is -0.157. The number of likely N-dealkylation sites (tertiary alicyclic amines) is 1. The molecular weight excluding hydrogens is 380 g/mol. The summed E-state index contributed by atoms with van der Waals surface area (Å²) < 4.78 is 10.7. The predicted molar refractivity (Wildman–Crippen MR) is 112 cm³/mol. The molecule has 0 radical (unpaired) electrons. The molecule has 1 amide bonds. The Morgan fingerprint density at radius 3 is 2.40 bits per heavy atom. The molecule has 0 spiro atoms. The fourth-order valence-corrected chi connectivity index (χ4v) is 3.54. The van der Waals surface area contributed by atoms with Crippen LogP contribution in [0.2, 0.25) is 0 Å². The summed E-state index contributed by atoms with van der Waals surface area (Å²) in [6.07, 6.45) is 2.09. The second-order valence-corrected chi connectivity index (χ2v) is 7.52. The fourth-order valence-electron chi connectivity index (χ4n) is 3.54. The number of rotatable bonds is 7. The highest BCUT2D eigenvalue weighted by molar-refractivity contribution is 5.82. The van der Waals surface area contributed by atoms with Gasteiger partial charge in [-0.25, -0.2) is 4.79 Å². The standard InChI is InChI=1S/C24H26N2O4/c1-18(30-22-9-7-21(16-25)8-10-22)24(28)29-17-23(27)26-13-11-20(12-14-26)15-19-5-3-2-4-6-19/h2-10,18,20H,11-15,17H2,1H3/t18-/m0/s1. The van der Waals surface area contributed by atoms with Gasteiger partial charge in [-0.05, 0) is 61.9 Å². The summed E-state index contributed by atoms with van der Waals surface area (Å²) in [7, 11) is 0. The topological polar surface area (TPSA) is 79.6 Å². The number of carbonyl (C=O) groups excluding carboxylic acids is 2. The molecule has 1 saturated heterocycles. The second kappa shape index (κ2) is 10.4. The highest BCUT2D eigenvalue weighted by Crippen LogP contribution is 2.22. The number of benzene rings is 2. The van der Waals surface area contributed by atoms with Crippen molar-refractivity contribution in [3.8, 4) is 11.8 Å². The number of carbonyl (C=O) groups is 2. The van der Waals surface area contributed by atoms with E-state index in [9.17, 15) is 9.59 Å². The smallest absolute Gasteiger partial charge is 0.347 e. The summed E-state index contributed by atoms with van der Waals surface area (Å²) >= 11 is 0. The maximum Gasteiger partial charge on any atom is 0.347 e. The van der Waals surface area contributed by atoms with Gasteiger partial charge >= 0.3 is 5.97 Å². The van der Waals surface area contributed by atoms with Gasteiger partial charge in [0.05, 0.1) is 11.6 Å². The summed E-state index contributed by atoms with van der Waals surface area (Å²) in [5.41, 5.74) is 1.84. The third kappa shape index (κ3) is 6.08. The van der Waals surface area contributed by atoms with Crippen molar-refractivity contribution in [1.29, 1.82) is 5.26 Å². The molecule has 0 aromatic heterocycles. The van der Waals surface area contributed by atoms with E-state index in [1.54, 1.807) is 36.1 Å². The lowest BCUT2D eigenvalue weighted by Crippen LogP contribution is -2.41. The quantitative estimate of drug-likeness (QED) is 0.659. The molecule has 0 aliphatic carbocycles. The van der Waals surface area contributed by atoms with Crippen LogP contribution in [-0.2, 0) is 20.7 Å². The summed E-state index contributed by atoms with van der Waals surface area (Å²) in [4.78, 5) is 26.3. The van der Waals surface area contributed by atoms with Crippen LogP contribution in [0.15, 0.2) is 54.6 Å². The Bertz CT molecular complexity index is 882. The third-order valence-corrected chi connectivity index (χ3v) is 5.30. The molecule has 0 unspecified atom stereocenters. The Balaban J connectivity index is 1.38. The molecule has 156 valence electrons. The average molecular weight is 406 g/mol. The average Bonchev–Trinajstić information content (AvgIpc) is 2.79. The van der Waals surface area contributed by atoms with E-state index < -0.39 is 12.1 Å². The number of amides is 1. The fraction of sp³-hybridized carbons (Fsp3) is 0.375. The van der Waals surface area contributed by atoms with Gasteiger partial charge in [0.1, 0.15) is 5.75 Å². The van der Waals surface area contributed by atoms with Crippen LogP contribution >= 0.6 is 0 Å². The normalized spacial score (nSPS) is 15.1. The molecular formula is C24H26N2O4. The summed E-state index contributed by atoms with van der Waals surface area (Å²) in [6.45, 7) is 2.67. The molecule has 30 heavy (non-hydrogen) atoms. The Hall–Kier alpha value is -3.33. The molecule has 0 saturated carbocycles. The van der Waals surface area contributed by atoms with Crippen LogP contribution in [0, 0.1) is 17.2 Å². The summed E-state index contributed by atoms with van der Waals surface area (Å²) in [6, 6.07) is 18.9. The molecule has 1 heterocycles.